The highest BCUT2D eigenvalue weighted by Crippen LogP contribution is 2.04. The third-order valence-electron chi connectivity index (χ3n) is 0.896. The largest absolute Gasteiger partial charge is 0.330 e. The van der Waals surface area contributed by atoms with E-state index in [1.54, 1.807) is 0 Å². The van der Waals surface area contributed by atoms with Crippen LogP contribution in [-0.4, -0.2) is 36.1 Å². The standard InChI is InChI=1S/C6H16N2S2/c7-1-3-9-5-6-10-4-2-8/h1-8H2. The molecule has 0 bridgehead atoms. The van der Waals surface area contributed by atoms with Gasteiger partial charge in [0.25, 0.3) is 0 Å². The number of nitrogens with two attached hydrogens (primary N) is 2. The molecule has 0 aliphatic carbocycles. The third kappa shape index (κ3) is 8.62. The molecular formula is C6H16N2S2. The van der Waals surface area contributed by atoms with Crippen molar-refractivity contribution in [2.75, 3.05) is 36.1 Å². The zero-order valence-corrected chi connectivity index (χ0v) is 7.85. The van der Waals surface area contributed by atoms with E-state index in [0.29, 0.717) is 0 Å². The Morgan fingerprint density at radius 1 is 0.700 bits per heavy atom. The second-order valence-electron chi connectivity index (χ2n) is 1.80. The molecule has 0 atom stereocenters. The molecule has 0 aliphatic heterocycles. The molecule has 0 aromatic heterocycles. The molecular weight excluding hydrogens is 164 g/mol. The van der Waals surface area contributed by atoms with Crippen molar-refractivity contribution in [3.8, 4) is 0 Å². The molecule has 0 aliphatic rings. The summed E-state index contributed by atoms with van der Waals surface area (Å²) in [6.07, 6.45) is 0. The van der Waals surface area contributed by atoms with Gasteiger partial charge >= 0.3 is 0 Å². The highest BCUT2D eigenvalue weighted by Gasteiger charge is 1.87. The Hall–Kier alpha value is 0.620. The molecule has 10 heavy (non-hydrogen) atoms. The van der Waals surface area contributed by atoms with E-state index in [0.717, 1.165) is 24.6 Å². The minimum absolute atomic E-state index is 0.798. The van der Waals surface area contributed by atoms with Gasteiger partial charge in [0.1, 0.15) is 0 Å². The Labute approximate surface area is 71.5 Å². The molecule has 4 heteroatoms. The van der Waals surface area contributed by atoms with E-state index in [4.69, 9.17) is 11.5 Å². The summed E-state index contributed by atoms with van der Waals surface area (Å²) in [4.78, 5) is 0. The third-order valence-corrected chi connectivity index (χ3v) is 3.19. The summed E-state index contributed by atoms with van der Waals surface area (Å²) in [5.41, 5.74) is 10.6. The second-order valence-corrected chi connectivity index (χ2v) is 4.25. The fraction of sp³-hybridized carbons (Fsp3) is 1.00. The smallest absolute Gasteiger partial charge is 0.00561 e. The van der Waals surface area contributed by atoms with Crippen molar-refractivity contribution in [2.24, 2.45) is 11.5 Å². The average Bonchev–Trinajstić information content (AvgIpc) is 1.97. The minimum atomic E-state index is 0.798. The van der Waals surface area contributed by atoms with Crippen molar-refractivity contribution in [1.29, 1.82) is 0 Å². The van der Waals surface area contributed by atoms with Crippen LogP contribution in [-0.2, 0) is 0 Å². The topological polar surface area (TPSA) is 52.0 Å². The van der Waals surface area contributed by atoms with Gasteiger partial charge in [-0.05, 0) is 0 Å². The molecule has 0 heterocycles. The fourth-order valence-corrected chi connectivity index (χ4v) is 2.17. The van der Waals surface area contributed by atoms with Crippen molar-refractivity contribution in [1.82, 2.24) is 0 Å². The Kier molecular flexibility index (Phi) is 10.2. The lowest BCUT2D eigenvalue weighted by atomic mass is 10.8. The van der Waals surface area contributed by atoms with Crippen LogP contribution in [0.1, 0.15) is 0 Å². The maximum absolute atomic E-state index is 5.32. The molecule has 0 aromatic carbocycles. The van der Waals surface area contributed by atoms with Gasteiger partial charge in [0, 0.05) is 36.1 Å². The first-order chi connectivity index (χ1) is 4.91. The van der Waals surface area contributed by atoms with Crippen LogP contribution in [0.5, 0.6) is 0 Å². The van der Waals surface area contributed by atoms with E-state index < -0.39 is 0 Å². The molecule has 0 amide bonds. The lowest BCUT2D eigenvalue weighted by Gasteiger charge is -1.98. The normalized spacial score (nSPS) is 10.2. The van der Waals surface area contributed by atoms with Crippen molar-refractivity contribution >= 4 is 23.5 Å². The summed E-state index contributed by atoms with van der Waals surface area (Å²) >= 11 is 3.83. The fourth-order valence-electron chi connectivity index (χ4n) is 0.489. The maximum Gasteiger partial charge on any atom is 0.00561 e. The molecule has 0 radical (unpaired) electrons. The molecule has 2 nitrogen and oxygen atoms in total. The lowest BCUT2D eigenvalue weighted by Crippen LogP contribution is -2.04. The van der Waals surface area contributed by atoms with Gasteiger partial charge in [-0.15, -0.1) is 0 Å². The molecule has 62 valence electrons. The maximum atomic E-state index is 5.32. The second kappa shape index (κ2) is 9.62. The van der Waals surface area contributed by atoms with Crippen molar-refractivity contribution < 1.29 is 0 Å². The highest BCUT2D eigenvalue weighted by atomic mass is 32.2. The summed E-state index contributed by atoms with van der Waals surface area (Å²) in [7, 11) is 0. The summed E-state index contributed by atoms with van der Waals surface area (Å²) in [6, 6.07) is 0. The van der Waals surface area contributed by atoms with Gasteiger partial charge in [0.15, 0.2) is 0 Å². The molecule has 0 saturated heterocycles. The van der Waals surface area contributed by atoms with Crippen LogP contribution in [0.25, 0.3) is 0 Å². The average molecular weight is 180 g/mol. The zero-order valence-electron chi connectivity index (χ0n) is 6.21. The quantitative estimate of drug-likeness (QED) is 0.556. The molecule has 0 aromatic rings. The van der Waals surface area contributed by atoms with Crippen LogP contribution >= 0.6 is 23.5 Å². The molecule has 0 rings (SSSR count). The van der Waals surface area contributed by atoms with Crippen LogP contribution < -0.4 is 11.5 Å². The van der Waals surface area contributed by atoms with Gasteiger partial charge in [-0.3, -0.25) is 0 Å². The van der Waals surface area contributed by atoms with Gasteiger partial charge in [0.2, 0.25) is 0 Å². The van der Waals surface area contributed by atoms with Gasteiger partial charge in [-0.2, -0.15) is 23.5 Å². The van der Waals surface area contributed by atoms with Crippen LogP contribution in [0, 0.1) is 0 Å². The Bertz CT molecular complexity index is 53.7. The molecule has 0 saturated carbocycles. The lowest BCUT2D eigenvalue weighted by molar-refractivity contribution is 1.14. The Morgan fingerprint density at radius 3 is 1.40 bits per heavy atom. The summed E-state index contributed by atoms with van der Waals surface area (Å²) in [5.74, 6) is 4.59. The van der Waals surface area contributed by atoms with Crippen LogP contribution in [0.3, 0.4) is 0 Å². The van der Waals surface area contributed by atoms with E-state index in [9.17, 15) is 0 Å². The molecule has 0 unspecified atom stereocenters. The van der Waals surface area contributed by atoms with Gasteiger partial charge in [-0.25, -0.2) is 0 Å². The first kappa shape index (κ1) is 10.6. The number of hydrogen-bond donors (Lipinski definition) is 2. The number of thioether (sulfide) groups is 2. The van der Waals surface area contributed by atoms with E-state index in [-0.39, 0.29) is 0 Å². The summed E-state index contributed by atoms with van der Waals surface area (Å²) < 4.78 is 0. The number of hydrogen-bond acceptors (Lipinski definition) is 4. The van der Waals surface area contributed by atoms with E-state index in [1.807, 2.05) is 23.5 Å². The zero-order chi connectivity index (χ0) is 7.66. The van der Waals surface area contributed by atoms with E-state index in [2.05, 4.69) is 0 Å². The SMILES string of the molecule is NCCSCCSCCN. The van der Waals surface area contributed by atoms with Gasteiger partial charge < -0.3 is 11.5 Å². The first-order valence-electron chi connectivity index (χ1n) is 3.47. The van der Waals surface area contributed by atoms with E-state index in [1.165, 1.54) is 11.5 Å². The molecule has 0 spiro atoms. The summed E-state index contributed by atoms with van der Waals surface area (Å²) in [6.45, 7) is 1.60. The summed E-state index contributed by atoms with van der Waals surface area (Å²) in [5, 5.41) is 0. The Morgan fingerprint density at radius 2 is 1.10 bits per heavy atom. The molecule has 0 fully saturated rings. The highest BCUT2D eigenvalue weighted by molar-refractivity contribution is 8.02. The first-order valence-corrected chi connectivity index (χ1v) is 5.78. The molecule has 4 N–H and O–H groups in total. The van der Waals surface area contributed by atoms with Gasteiger partial charge in [0.05, 0.1) is 0 Å². The minimum Gasteiger partial charge on any atom is -0.330 e. The van der Waals surface area contributed by atoms with Gasteiger partial charge in [-0.1, -0.05) is 0 Å². The van der Waals surface area contributed by atoms with Crippen LogP contribution in [0.4, 0.5) is 0 Å². The van der Waals surface area contributed by atoms with Crippen LogP contribution in [0.15, 0.2) is 0 Å². The monoisotopic (exact) mass is 180 g/mol. The number of rotatable bonds is 7. The van der Waals surface area contributed by atoms with Crippen molar-refractivity contribution in [3.05, 3.63) is 0 Å². The van der Waals surface area contributed by atoms with Crippen LogP contribution in [0.2, 0.25) is 0 Å². The predicted molar refractivity (Wildman–Crippen MR) is 52.8 cm³/mol. The Balaban J connectivity index is 2.65. The van der Waals surface area contributed by atoms with E-state index >= 15 is 0 Å². The van der Waals surface area contributed by atoms with Crippen molar-refractivity contribution in [3.63, 3.8) is 0 Å². The van der Waals surface area contributed by atoms with Crippen molar-refractivity contribution in [2.45, 2.75) is 0 Å². The predicted octanol–water partition coefficient (Wildman–Crippen LogP) is 0.370.